The fourth-order valence-electron chi connectivity index (χ4n) is 1.98. The Bertz CT molecular complexity index is 510. The van der Waals surface area contributed by atoms with E-state index in [4.69, 9.17) is 34.7 Å². The molecule has 1 atom stereocenters. The van der Waals surface area contributed by atoms with Crippen molar-refractivity contribution >= 4 is 46.4 Å². The van der Waals surface area contributed by atoms with E-state index < -0.39 is 11.8 Å². The van der Waals surface area contributed by atoms with E-state index in [1.54, 1.807) is 0 Å². The lowest BCUT2D eigenvalue weighted by molar-refractivity contribution is -0.123. The predicted octanol–water partition coefficient (Wildman–Crippen LogP) is 1.41. The Morgan fingerprint density at radius 1 is 1.39 bits per heavy atom. The first-order chi connectivity index (χ1) is 8.40. The molecule has 0 aliphatic carbocycles. The molecule has 1 aliphatic rings. The van der Waals surface area contributed by atoms with Crippen LogP contribution in [-0.2, 0) is 9.59 Å². The van der Waals surface area contributed by atoms with Crippen molar-refractivity contribution in [3.8, 4) is 0 Å². The van der Waals surface area contributed by atoms with E-state index >= 15 is 0 Å². The molecule has 18 heavy (non-hydrogen) atoms. The third-order valence-corrected chi connectivity index (χ3v) is 3.36. The summed E-state index contributed by atoms with van der Waals surface area (Å²) in [6.07, 6.45) is 0.0771. The van der Waals surface area contributed by atoms with E-state index in [9.17, 15) is 9.59 Å². The number of nitrogen functional groups attached to an aromatic ring is 1. The van der Waals surface area contributed by atoms with Gasteiger partial charge in [0.25, 0.3) is 0 Å². The van der Waals surface area contributed by atoms with Gasteiger partial charge in [-0.15, -0.1) is 0 Å². The second kappa shape index (κ2) is 4.66. The van der Waals surface area contributed by atoms with Crippen molar-refractivity contribution in [2.75, 3.05) is 17.2 Å². The average molecular weight is 288 g/mol. The molecule has 4 N–H and O–H groups in total. The first kappa shape index (κ1) is 13.0. The van der Waals surface area contributed by atoms with Gasteiger partial charge in [-0.1, -0.05) is 23.2 Å². The number of carbonyl (C=O) groups excluding carboxylic acids is 2. The number of benzene rings is 1. The number of nitrogens with zero attached hydrogens (tertiary/aromatic N) is 1. The second-order valence-electron chi connectivity index (χ2n) is 4.13. The Morgan fingerprint density at radius 2 is 2.06 bits per heavy atom. The minimum atomic E-state index is -0.511. The van der Waals surface area contributed by atoms with Gasteiger partial charge < -0.3 is 16.4 Å². The first-order valence-electron chi connectivity index (χ1n) is 5.24. The monoisotopic (exact) mass is 287 g/mol. The van der Waals surface area contributed by atoms with Gasteiger partial charge in [0, 0.05) is 18.0 Å². The van der Waals surface area contributed by atoms with Crippen LogP contribution in [0.15, 0.2) is 12.1 Å². The molecule has 0 radical (unpaired) electrons. The Labute approximate surface area is 114 Å². The normalized spacial score (nSPS) is 19.3. The molecule has 0 bridgehead atoms. The summed E-state index contributed by atoms with van der Waals surface area (Å²) in [4.78, 5) is 24.3. The maximum Gasteiger partial charge on any atom is 0.227 e. The van der Waals surface area contributed by atoms with Gasteiger partial charge in [-0.25, -0.2) is 0 Å². The minimum Gasteiger partial charge on any atom is -0.397 e. The number of anilines is 2. The molecule has 1 aliphatic heterocycles. The van der Waals surface area contributed by atoms with E-state index in [2.05, 4.69) is 0 Å². The molecule has 7 heteroatoms. The Hall–Kier alpha value is -1.46. The first-order valence-corrected chi connectivity index (χ1v) is 6.00. The van der Waals surface area contributed by atoms with Gasteiger partial charge in [0.2, 0.25) is 11.8 Å². The summed E-state index contributed by atoms with van der Waals surface area (Å²) in [5.74, 6) is -1.24. The summed E-state index contributed by atoms with van der Waals surface area (Å²) in [7, 11) is 0. The third-order valence-electron chi connectivity index (χ3n) is 2.85. The Balaban J connectivity index is 2.39. The molecule has 1 fully saturated rings. The summed E-state index contributed by atoms with van der Waals surface area (Å²) < 4.78 is 0. The highest BCUT2D eigenvalue weighted by Crippen LogP contribution is 2.38. The number of hydrogen-bond acceptors (Lipinski definition) is 3. The molecule has 2 rings (SSSR count). The maximum absolute atomic E-state index is 11.8. The number of carbonyl (C=O) groups is 2. The number of rotatable bonds is 2. The van der Waals surface area contributed by atoms with Crippen LogP contribution in [0.4, 0.5) is 11.4 Å². The van der Waals surface area contributed by atoms with E-state index in [-0.39, 0.29) is 23.9 Å². The molecular formula is C11H11Cl2N3O2. The van der Waals surface area contributed by atoms with Crippen molar-refractivity contribution in [3.63, 3.8) is 0 Å². The van der Waals surface area contributed by atoms with E-state index in [1.807, 2.05) is 0 Å². The number of hydrogen-bond donors (Lipinski definition) is 2. The van der Waals surface area contributed by atoms with Crippen LogP contribution in [0.1, 0.15) is 6.42 Å². The minimum absolute atomic E-state index is 0.0771. The van der Waals surface area contributed by atoms with Gasteiger partial charge in [-0.3, -0.25) is 9.59 Å². The zero-order valence-corrected chi connectivity index (χ0v) is 10.8. The van der Waals surface area contributed by atoms with Crippen LogP contribution in [0, 0.1) is 5.92 Å². The van der Waals surface area contributed by atoms with E-state index in [1.165, 1.54) is 17.0 Å². The zero-order valence-electron chi connectivity index (χ0n) is 9.32. The van der Waals surface area contributed by atoms with Crippen molar-refractivity contribution in [2.24, 2.45) is 11.7 Å². The topological polar surface area (TPSA) is 89.4 Å². The quantitative estimate of drug-likeness (QED) is 0.806. The number of nitrogens with two attached hydrogens (primary N) is 2. The van der Waals surface area contributed by atoms with Crippen LogP contribution in [0.2, 0.25) is 10.0 Å². The average Bonchev–Trinajstić information content (AvgIpc) is 2.59. The standard InChI is InChI=1S/C11H11Cl2N3O2/c12-6-2-7(13)10(8(14)3-6)16-4-5(11(15)18)1-9(16)17/h2-3,5H,1,4,14H2,(H2,15,18). The fraction of sp³-hybridized carbons (Fsp3) is 0.273. The van der Waals surface area contributed by atoms with Gasteiger partial charge >= 0.3 is 0 Å². The van der Waals surface area contributed by atoms with Gasteiger partial charge in [0.05, 0.1) is 22.3 Å². The van der Waals surface area contributed by atoms with E-state index in [0.29, 0.717) is 16.4 Å². The number of primary amides is 1. The molecule has 2 amide bonds. The van der Waals surface area contributed by atoms with E-state index in [0.717, 1.165) is 0 Å². The molecule has 0 spiro atoms. The summed E-state index contributed by atoms with van der Waals surface area (Å²) >= 11 is 11.8. The largest absolute Gasteiger partial charge is 0.397 e. The van der Waals surface area contributed by atoms with Crippen LogP contribution in [-0.4, -0.2) is 18.4 Å². The lowest BCUT2D eigenvalue weighted by atomic mass is 10.1. The summed E-state index contributed by atoms with van der Waals surface area (Å²) in [5, 5.41) is 0.665. The van der Waals surface area contributed by atoms with Gasteiger partial charge in [-0.2, -0.15) is 0 Å². The van der Waals surface area contributed by atoms with Crippen molar-refractivity contribution in [1.29, 1.82) is 0 Å². The van der Waals surface area contributed by atoms with Crippen LogP contribution in [0.5, 0.6) is 0 Å². The molecule has 0 aromatic heterocycles. The SMILES string of the molecule is NC(=O)C1CC(=O)N(c2c(N)cc(Cl)cc2Cl)C1. The van der Waals surface area contributed by atoms with Crippen molar-refractivity contribution in [1.82, 2.24) is 0 Å². The van der Waals surface area contributed by atoms with Crippen LogP contribution < -0.4 is 16.4 Å². The molecule has 1 aromatic rings. The molecule has 5 nitrogen and oxygen atoms in total. The molecule has 0 saturated carbocycles. The summed E-state index contributed by atoms with van der Waals surface area (Å²) in [6, 6.07) is 3.01. The van der Waals surface area contributed by atoms with Crippen molar-refractivity contribution in [3.05, 3.63) is 22.2 Å². The van der Waals surface area contributed by atoms with Gasteiger partial charge in [0.15, 0.2) is 0 Å². The highest BCUT2D eigenvalue weighted by Gasteiger charge is 2.35. The smallest absolute Gasteiger partial charge is 0.227 e. The Morgan fingerprint density at radius 3 is 2.56 bits per heavy atom. The number of amides is 2. The highest BCUT2D eigenvalue weighted by atomic mass is 35.5. The fourth-order valence-corrected chi connectivity index (χ4v) is 2.60. The van der Waals surface area contributed by atoms with Crippen LogP contribution >= 0.6 is 23.2 Å². The second-order valence-corrected chi connectivity index (χ2v) is 4.98. The molecule has 1 unspecified atom stereocenters. The molecule has 1 saturated heterocycles. The third kappa shape index (κ3) is 2.23. The predicted molar refractivity (Wildman–Crippen MR) is 70.5 cm³/mol. The summed E-state index contributed by atoms with van der Waals surface area (Å²) in [6.45, 7) is 0.194. The molecule has 1 heterocycles. The van der Waals surface area contributed by atoms with Crippen molar-refractivity contribution < 1.29 is 9.59 Å². The number of halogens is 2. The van der Waals surface area contributed by atoms with Gasteiger partial charge in [0.1, 0.15) is 0 Å². The van der Waals surface area contributed by atoms with Gasteiger partial charge in [-0.05, 0) is 12.1 Å². The summed E-state index contributed by atoms with van der Waals surface area (Å²) in [5.41, 5.74) is 11.7. The maximum atomic E-state index is 11.8. The highest BCUT2D eigenvalue weighted by molar-refractivity contribution is 6.37. The van der Waals surface area contributed by atoms with Crippen molar-refractivity contribution in [2.45, 2.75) is 6.42 Å². The van der Waals surface area contributed by atoms with Crippen LogP contribution in [0.25, 0.3) is 0 Å². The Kier molecular flexibility index (Phi) is 3.36. The molecular weight excluding hydrogens is 277 g/mol. The lowest BCUT2D eigenvalue weighted by Crippen LogP contribution is -2.29. The molecule has 1 aromatic carbocycles. The van der Waals surface area contributed by atoms with Crippen LogP contribution in [0.3, 0.4) is 0 Å². The zero-order chi connectivity index (χ0) is 13.4. The molecule has 96 valence electrons. The lowest BCUT2D eigenvalue weighted by Gasteiger charge is -2.20.